The molecule has 0 fully saturated rings. The average molecular weight is 159 g/mol. The van der Waals surface area contributed by atoms with E-state index < -0.39 is 5.97 Å². The number of carboxylic acid groups (broad SMARTS) is 1. The molecule has 0 heterocycles. The zero-order chi connectivity index (χ0) is 8.69. The molecule has 4 nitrogen and oxygen atoms in total. The highest BCUT2D eigenvalue weighted by Crippen LogP contribution is 2.05. The van der Waals surface area contributed by atoms with Gasteiger partial charge in [-0.15, -0.1) is 0 Å². The van der Waals surface area contributed by atoms with Crippen molar-refractivity contribution in [3.63, 3.8) is 0 Å². The summed E-state index contributed by atoms with van der Waals surface area (Å²) < 4.78 is 0. The first kappa shape index (κ1) is 9.94. The van der Waals surface area contributed by atoms with Crippen molar-refractivity contribution in [2.45, 2.75) is 19.8 Å². The van der Waals surface area contributed by atoms with Gasteiger partial charge in [-0.05, 0) is 5.92 Å². The fraction of sp³-hybridized carbons (Fsp3) is 0.714. The Morgan fingerprint density at radius 2 is 2.36 bits per heavy atom. The van der Waals surface area contributed by atoms with Gasteiger partial charge in [0.15, 0.2) is 0 Å². The average Bonchev–Trinajstić information content (AvgIpc) is 1.97. The van der Waals surface area contributed by atoms with Gasteiger partial charge in [0, 0.05) is 13.0 Å². The Balaban J connectivity index is 3.57. The van der Waals surface area contributed by atoms with Crippen LogP contribution in [0.5, 0.6) is 0 Å². The molecule has 4 heteroatoms. The summed E-state index contributed by atoms with van der Waals surface area (Å²) in [6, 6.07) is 0. The van der Waals surface area contributed by atoms with Crippen LogP contribution in [0.2, 0.25) is 0 Å². The predicted octanol–water partition coefficient (Wildman–Crippen LogP) is 0.233. The lowest BCUT2D eigenvalue weighted by atomic mass is 10.0. The Kier molecular flexibility index (Phi) is 5.15. The number of aliphatic carboxylic acids is 1. The number of hydrogen-bond donors (Lipinski definition) is 2. The van der Waals surface area contributed by atoms with Crippen LogP contribution in [-0.4, -0.2) is 24.0 Å². The molecule has 0 saturated carbocycles. The molecule has 11 heavy (non-hydrogen) atoms. The summed E-state index contributed by atoms with van der Waals surface area (Å²) in [5.74, 6) is -0.762. The van der Waals surface area contributed by atoms with Crippen molar-refractivity contribution in [2.75, 3.05) is 6.54 Å². The first-order valence-corrected chi connectivity index (χ1v) is 3.59. The van der Waals surface area contributed by atoms with Crippen molar-refractivity contribution >= 4 is 12.4 Å². The molecule has 1 amide bonds. The van der Waals surface area contributed by atoms with Crippen LogP contribution in [0.4, 0.5) is 0 Å². The van der Waals surface area contributed by atoms with Crippen LogP contribution in [0.25, 0.3) is 0 Å². The van der Waals surface area contributed by atoms with Crippen LogP contribution in [0, 0.1) is 5.92 Å². The minimum absolute atomic E-state index is 0.0534. The van der Waals surface area contributed by atoms with Crippen molar-refractivity contribution < 1.29 is 14.7 Å². The monoisotopic (exact) mass is 159 g/mol. The first-order valence-electron chi connectivity index (χ1n) is 3.59. The van der Waals surface area contributed by atoms with E-state index in [0.717, 1.165) is 6.42 Å². The van der Waals surface area contributed by atoms with Gasteiger partial charge in [0.25, 0.3) is 0 Å². The smallest absolute Gasteiger partial charge is 0.303 e. The molecule has 0 rings (SSSR count). The normalized spacial score (nSPS) is 12.1. The van der Waals surface area contributed by atoms with Crippen LogP contribution in [-0.2, 0) is 9.59 Å². The van der Waals surface area contributed by atoms with E-state index in [2.05, 4.69) is 5.32 Å². The Morgan fingerprint density at radius 3 is 2.73 bits per heavy atom. The molecular weight excluding hydrogens is 146 g/mol. The number of hydrogen-bond acceptors (Lipinski definition) is 2. The van der Waals surface area contributed by atoms with Gasteiger partial charge < -0.3 is 10.4 Å². The summed E-state index contributed by atoms with van der Waals surface area (Å²) in [7, 11) is 0. The number of nitrogens with one attached hydrogen (secondary N) is 1. The number of carboxylic acids is 1. The van der Waals surface area contributed by atoms with Crippen LogP contribution >= 0.6 is 0 Å². The summed E-state index contributed by atoms with van der Waals surface area (Å²) in [6.07, 6.45) is 1.48. The van der Waals surface area contributed by atoms with E-state index in [4.69, 9.17) is 5.11 Å². The second kappa shape index (κ2) is 5.70. The molecule has 64 valence electrons. The summed E-state index contributed by atoms with van der Waals surface area (Å²) >= 11 is 0. The molecule has 0 aromatic carbocycles. The fourth-order valence-corrected chi connectivity index (χ4v) is 0.823. The fourth-order valence-electron chi connectivity index (χ4n) is 0.823. The van der Waals surface area contributed by atoms with Crippen molar-refractivity contribution in [3.05, 3.63) is 0 Å². The highest BCUT2D eigenvalue weighted by molar-refractivity contribution is 5.67. The van der Waals surface area contributed by atoms with Crippen molar-refractivity contribution in [1.29, 1.82) is 0 Å². The second-order valence-corrected chi connectivity index (χ2v) is 2.40. The topological polar surface area (TPSA) is 66.4 Å². The van der Waals surface area contributed by atoms with E-state index in [1.807, 2.05) is 6.92 Å². The highest BCUT2D eigenvalue weighted by atomic mass is 16.4. The Labute approximate surface area is 65.6 Å². The van der Waals surface area contributed by atoms with Gasteiger partial charge >= 0.3 is 5.97 Å². The summed E-state index contributed by atoms with van der Waals surface area (Å²) in [6.45, 7) is 2.35. The van der Waals surface area contributed by atoms with Crippen LogP contribution < -0.4 is 5.32 Å². The standard InChI is InChI=1S/C7H13NO3/c1-2-6(3-7(10)11)4-8-5-9/h5-6H,2-4H2,1H3,(H,8,9)(H,10,11). The minimum atomic E-state index is -0.815. The maximum atomic E-state index is 10.2. The Hall–Kier alpha value is -1.06. The lowest BCUT2D eigenvalue weighted by Crippen LogP contribution is -2.22. The zero-order valence-corrected chi connectivity index (χ0v) is 6.54. The minimum Gasteiger partial charge on any atom is -0.481 e. The molecule has 0 aromatic heterocycles. The van der Waals surface area contributed by atoms with Crippen LogP contribution in [0.3, 0.4) is 0 Å². The van der Waals surface area contributed by atoms with Gasteiger partial charge in [-0.25, -0.2) is 0 Å². The van der Waals surface area contributed by atoms with E-state index in [1.165, 1.54) is 0 Å². The molecule has 0 spiro atoms. The molecular formula is C7H13NO3. The van der Waals surface area contributed by atoms with E-state index in [-0.39, 0.29) is 12.3 Å². The summed E-state index contributed by atoms with van der Waals surface area (Å²) in [4.78, 5) is 20.1. The van der Waals surface area contributed by atoms with E-state index in [1.54, 1.807) is 0 Å². The van der Waals surface area contributed by atoms with Gasteiger partial charge in [0.05, 0.1) is 0 Å². The van der Waals surface area contributed by atoms with Gasteiger partial charge in [-0.3, -0.25) is 9.59 Å². The number of carbonyl (C=O) groups is 2. The summed E-state index contributed by atoms with van der Waals surface area (Å²) in [5, 5.41) is 10.9. The second-order valence-electron chi connectivity index (χ2n) is 2.40. The lowest BCUT2D eigenvalue weighted by Gasteiger charge is -2.09. The number of carbonyl (C=O) groups excluding carboxylic acids is 1. The molecule has 2 N–H and O–H groups in total. The van der Waals surface area contributed by atoms with E-state index in [9.17, 15) is 9.59 Å². The molecule has 0 saturated heterocycles. The van der Waals surface area contributed by atoms with Gasteiger partial charge in [-0.2, -0.15) is 0 Å². The Bertz CT molecular complexity index is 136. The largest absolute Gasteiger partial charge is 0.481 e. The van der Waals surface area contributed by atoms with E-state index in [0.29, 0.717) is 13.0 Å². The third-order valence-electron chi connectivity index (χ3n) is 1.53. The van der Waals surface area contributed by atoms with Crippen molar-refractivity contribution in [3.8, 4) is 0 Å². The van der Waals surface area contributed by atoms with Gasteiger partial charge in [0.2, 0.25) is 6.41 Å². The lowest BCUT2D eigenvalue weighted by molar-refractivity contribution is -0.138. The third-order valence-corrected chi connectivity index (χ3v) is 1.53. The molecule has 0 radical (unpaired) electrons. The first-order chi connectivity index (χ1) is 5.20. The van der Waals surface area contributed by atoms with Gasteiger partial charge in [-0.1, -0.05) is 13.3 Å². The summed E-state index contributed by atoms with van der Waals surface area (Å²) in [5.41, 5.74) is 0. The molecule has 1 atom stereocenters. The molecule has 0 bridgehead atoms. The number of amides is 1. The quantitative estimate of drug-likeness (QED) is 0.545. The van der Waals surface area contributed by atoms with Crippen LogP contribution in [0.1, 0.15) is 19.8 Å². The van der Waals surface area contributed by atoms with E-state index >= 15 is 0 Å². The van der Waals surface area contributed by atoms with Gasteiger partial charge in [0.1, 0.15) is 0 Å². The maximum Gasteiger partial charge on any atom is 0.303 e. The third kappa shape index (κ3) is 5.39. The molecule has 0 aliphatic carbocycles. The van der Waals surface area contributed by atoms with Crippen LogP contribution in [0.15, 0.2) is 0 Å². The highest BCUT2D eigenvalue weighted by Gasteiger charge is 2.09. The number of rotatable bonds is 6. The molecule has 0 aliphatic rings. The molecule has 1 unspecified atom stereocenters. The predicted molar refractivity (Wildman–Crippen MR) is 40.1 cm³/mol. The Morgan fingerprint density at radius 1 is 1.73 bits per heavy atom. The SMILES string of the molecule is CCC(CNC=O)CC(=O)O. The zero-order valence-electron chi connectivity index (χ0n) is 6.54. The van der Waals surface area contributed by atoms with Crippen molar-refractivity contribution in [2.24, 2.45) is 5.92 Å². The maximum absolute atomic E-state index is 10.2. The van der Waals surface area contributed by atoms with Crippen molar-refractivity contribution in [1.82, 2.24) is 5.32 Å². The molecule has 0 aromatic rings. The molecule has 0 aliphatic heterocycles.